The van der Waals surface area contributed by atoms with Gasteiger partial charge in [0.2, 0.25) is 0 Å². The lowest BCUT2D eigenvalue weighted by atomic mass is 10.1. The predicted octanol–water partition coefficient (Wildman–Crippen LogP) is 4.51. The van der Waals surface area contributed by atoms with Crippen molar-refractivity contribution in [1.82, 2.24) is 5.32 Å². The van der Waals surface area contributed by atoms with E-state index in [1.54, 1.807) is 7.11 Å². The molecule has 2 aromatic rings. The van der Waals surface area contributed by atoms with Crippen LogP contribution in [0.2, 0.25) is 0 Å². The second-order valence-corrected chi connectivity index (χ2v) is 6.14. The average Bonchev–Trinajstić information content (AvgIpc) is 2.60. The molecule has 24 heavy (non-hydrogen) atoms. The predicted molar refractivity (Wildman–Crippen MR) is 100.0 cm³/mol. The quantitative estimate of drug-likeness (QED) is 0.687. The standard InChI is InChI=1S/C21H29NO2/c1-5-17(3)24-21-19(11-8-12-20(21)23-4)15-22-14-13-18-10-7-6-9-16(18)2/h6-12,17,22H,5,13-15H2,1-4H3. The number of aryl methyl sites for hydroxylation is 1. The molecule has 1 N–H and O–H groups in total. The van der Waals surface area contributed by atoms with Gasteiger partial charge < -0.3 is 14.8 Å². The van der Waals surface area contributed by atoms with Crippen molar-refractivity contribution in [3.8, 4) is 11.5 Å². The van der Waals surface area contributed by atoms with Gasteiger partial charge in [0.1, 0.15) is 0 Å². The van der Waals surface area contributed by atoms with Gasteiger partial charge in [0, 0.05) is 12.1 Å². The van der Waals surface area contributed by atoms with E-state index in [0.717, 1.165) is 43.0 Å². The minimum atomic E-state index is 0.173. The topological polar surface area (TPSA) is 30.5 Å². The maximum atomic E-state index is 6.09. The fraction of sp³-hybridized carbons (Fsp3) is 0.429. The van der Waals surface area contributed by atoms with E-state index in [1.165, 1.54) is 11.1 Å². The van der Waals surface area contributed by atoms with Gasteiger partial charge in [-0.15, -0.1) is 0 Å². The first kappa shape index (κ1) is 18.3. The van der Waals surface area contributed by atoms with Crippen LogP contribution in [0, 0.1) is 6.92 Å². The Kier molecular flexibility index (Phi) is 7.13. The second-order valence-electron chi connectivity index (χ2n) is 6.14. The summed E-state index contributed by atoms with van der Waals surface area (Å²) < 4.78 is 11.6. The van der Waals surface area contributed by atoms with Crippen molar-refractivity contribution < 1.29 is 9.47 Å². The average molecular weight is 327 g/mol. The van der Waals surface area contributed by atoms with Crippen LogP contribution in [0.25, 0.3) is 0 Å². The molecule has 0 amide bonds. The lowest BCUT2D eigenvalue weighted by Crippen LogP contribution is -2.19. The number of benzene rings is 2. The van der Waals surface area contributed by atoms with E-state index in [4.69, 9.17) is 9.47 Å². The maximum absolute atomic E-state index is 6.09. The van der Waals surface area contributed by atoms with E-state index in [-0.39, 0.29) is 6.10 Å². The van der Waals surface area contributed by atoms with Crippen molar-refractivity contribution in [2.75, 3.05) is 13.7 Å². The molecule has 2 aromatic carbocycles. The third-order valence-electron chi connectivity index (χ3n) is 4.32. The first-order chi connectivity index (χ1) is 11.7. The van der Waals surface area contributed by atoms with Crippen LogP contribution < -0.4 is 14.8 Å². The van der Waals surface area contributed by atoms with E-state index in [2.05, 4.69) is 56.4 Å². The Balaban J connectivity index is 1.97. The summed E-state index contributed by atoms with van der Waals surface area (Å²) in [4.78, 5) is 0. The summed E-state index contributed by atoms with van der Waals surface area (Å²) in [6, 6.07) is 14.6. The van der Waals surface area contributed by atoms with Crippen molar-refractivity contribution in [2.45, 2.75) is 46.3 Å². The highest BCUT2D eigenvalue weighted by Gasteiger charge is 2.13. The van der Waals surface area contributed by atoms with Crippen molar-refractivity contribution in [3.05, 3.63) is 59.2 Å². The van der Waals surface area contributed by atoms with Crippen LogP contribution in [0.15, 0.2) is 42.5 Å². The molecule has 0 heterocycles. The maximum Gasteiger partial charge on any atom is 0.166 e. The van der Waals surface area contributed by atoms with Gasteiger partial charge in [0.05, 0.1) is 13.2 Å². The van der Waals surface area contributed by atoms with E-state index in [0.29, 0.717) is 0 Å². The third kappa shape index (κ3) is 5.00. The van der Waals surface area contributed by atoms with E-state index in [9.17, 15) is 0 Å². The van der Waals surface area contributed by atoms with Crippen LogP contribution in [0.1, 0.15) is 37.0 Å². The Morgan fingerprint density at radius 2 is 1.79 bits per heavy atom. The van der Waals surface area contributed by atoms with Crippen molar-refractivity contribution in [2.24, 2.45) is 0 Å². The number of para-hydroxylation sites is 1. The summed E-state index contributed by atoms with van der Waals surface area (Å²) >= 11 is 0. The molecule has 3 nitrogen and oxygen atoms in total. The number of ether oxygens (including phenoxy) is 2. The SMILES string of the molecule is CCC(C)Oc1c(CNCCc2ccccc2C)cccc1OC. The summed E-state index contributed by atoms with van der Waals surface area (Å²) in [6.45, 7) is 8.08. The normalized spacial score (nSPS) is 12.0. The van der Waals surface area contributed by atoms with Gasteiger partial charge >= 0.3 is 0 Å². The van der Waals surface area contributed by atoms with Gasteiger partial charge in [-0.05, 0) is 50.4 Å². The molecule has 0 spiro atoms. The van der Waals surface area contributed by atoms with Crippen LogP contribution in [0.5, 0.6) is 11.5 Å². The highest BCUT2D eigenvalue weighted by Crippen LogP contribution is 2.32. The Morgan fingerprint density at radius 1 is 1.04 bits per heavy atom. The summed E-state index contributed by atoms with van der Waals surface area (Å²) in [5.41, 5.74) is 3.88. The van der Waals surface area contributed by atoms with Gasteiger partial charge in [-0.2, -0.15) is 0 Å². The zero-order chi connectivity index (χ0) is 17.4. The molecule has 0 aromatic heterocycles. The van der Waals surface area contributed by atoms with Crippen molar-refractivity contribution >= 4 is 0 Å². The molecule has 1 unspecified atom stereocenters. The Hall–Kier alpha value is -2.00. The third-order valence-corrected chi connectivity index (χ3v) is 4.32. The summed E-state index contributed by atoms with van der Waals surface area (Å²) in [7, 11) is 1.69. The molecule has 0 aliphatic heterocycles. The second kappa shape index (κ2) is 9.33. The van der Waals surface area contributed by atoms with Crippen LogP contribution in [-0.2, 0) is 13.0 Å². The van der Waals surface area contributed by atoms with E-state index in [1.807, 2.05) is 12.1 Å². The number of rotatable bonds is 9. The van der Waals surface area contributed by atoms with Gasteiger partial charge in [-0.25, -0.2) is 0 Å². The molecule has 0 aliphatic carbocycles. The van der Waals surface area contributed by atoms with Crippen LogP contribution in [-0.4, -0.2) is 19.8 Å². The highest BCUT2D eigenvalue weighted by molar-refractivity contribution is 5.46. The molecule has 0 radical (unpaired) electrons. The molecule has 3 heteroatoms. The fourth-order valence-corrected chi connectivity index (χ4v) is 2.62. The zero-order valence-corrected chi connectivity index (χ0v) is 15.3. The van der Waals surface area contributed by atoms with E-state index < -0.39 is 0 Å². The Bertz CT molecular complexity index is 639. The van der Waals surface area contributed by atoms with E-state index >= 15 is 0 Å². The molecule has 0 bridgehead atoms. The van der Waals surface area contributed by atoms with Crippen LogP contribution >= 0.6 is 0 Å². The number of nitrogens with one attached hydrogen (secondary N) is 1. The molecule has 130 valence electrons. The smallest absolute Gasteiger partial charge is 0.166 e. The molecule has 0 saturated heterocycles. The fourth-order valence-electron chi connectivity index (χ4n) is 2.62. The summed E-state index contributed by atoms with van der Waals surface area (Å²) in [6.07, 6.45) is 2.17. The number of methoxy groups -OCH3 is 1. The molecule has 0 saturated carbocycles. The van der Waals surface area contributed by atoms with Crippen molar-refractivity contribution in [1.29, 1.82) is 0 Å². The highest BCUT2D eigenvalue weighted by atomic mass is 16.5. The number of hydrogen-bond donors (Lipinski definition) is 1. The monoisotopic (exact) mass is 327 g/mol. The van der Waals surface area contributed by atoms with Gasteiger partial charge in [-0.1, -0.05) is 43.3 Å². The first-order valence-electron chi connectivity index (χ1n) is 8.73. The van der Waals surface area contributed by atoms with Gasteiger partial charge in [-0.3, -0.25) is 0 Å². The van der Waals surface area contributed by atoms with Crippen LogP contribution in [0.3, 0.4) is 0 Å². The van der Waals surface area contributed by atoms with Gasteiger partial charge in [0.25, 0.3) is 0 Å². The lowest BCUT2D eigenvalue weighted by Gasteiger charge is -2.19. The lowest BCUT2D eigenvalue weighted by molar-refractivity contribution is 0.205. The molecule has 2 rings (SSSR count). The molecular weight excluding hydrogens is 298 g/mol. The van der Waals surface area contributed by atoms with Crippen molar-refractivity contribution in [3.63, 3.8) is 0 Å². The molecule has 0 fully saturated rings. The molecular formula is C21H29NO2. The Morgan fingerprint density at radius 3 is 2.50 bits per heavy atom. The minimum Gasteiger partial charge on any atom is -0.493 e. The minimum absolute atomic E-state index is 0.173. The molecule has 1 atom stereocenters. The zero-order valence-electron chi connectivity index (χ0n) is 15.3. The largest absolute Gasteiger partial charge is 0.493 e. The Labute approximate surface area is 146 Å². The van der Waals surface area contributed by atoms with Gasteiger partial charge in [0.15, 0.2) is 11.5 Å². The first-order valence-corrected chi connectivity index (χ1v) is 8.73. The summed E-state index contributed by atoms with van der Waals surface area (Å²) in [5.74, 6) is 1.66. The van der Waals surface area contributed by atoms with Crippen LogP contribution in [0.4, 0.5) is 0 Å². The molecule has 0 aliphatic rings. The number of hydrogen-bond acceptors (Lipinski definition) is 3. The summed E-state index contributed by atoms with van der Waals surface area (Å²) in [5, 5.41) is 3.52.